The third-order valence-corrected chi connectivity index (χ3v) is 2.20. The van der Waals surface area contributed by atoms with Crippen LogP contribution in [0.3, 0.4) is 0 Å². The summed E-state index contributed by atoms with van der Waals surface area (Å²) in [6, 6.07) is 0.466. The minimum Gasteiger partial charge on any atom is -0.368 e. The molecule has 0 radical (unpaired) electrons. The van der Waals surface area contributed by atoms with Gasteiger partial charge in [-0.05, 0) is 27.4 Å². The molecule has 0 bridgehead atoms. The first-order valence-electron chi connectivity index (χ1n) is 4.09. The van der Waals surface area contributed by atoms with Gasteiger partial charge in [0.1, 0.15) is 0 Å². The molecule has 0 aliphatic carbocycles. The average Bonchev–Trinajstić information content (AvgIpc) is 1.85. The Morgan fingerprint density at radius 3 is 2.45 bits per heavy atom. The van der Waals surface area contributed by atoms with Gasteiger partial charge in [-0.15, -0.1) is 0 Å². The van der Waals surface area contributed by atoms with Gasteiger partial charge in [-0.2, -0.15) is 0 Å². The van der Waals surface area contributed by atoms with Crippen molar-refractivity contribution in [1.82, 2.24) is 4.90 Å². The molecule has 3 heteroatoms. The van der Waals surface area contributed by atoms with Crippen molar-refractivity contribution in [2.75, 3.05) is 14.1 Å². The van der Waals surface area contributed by atoms with Crippen LogP contribution in [0.1, 0.15) is 19.8 Å². The lowest BCUT2D eigenvalue weighted by Crippen LogP contribution is -2.41. The molecule has 1 fully saturated rings. The molecule has 1 aliphatic rings. The highest BCUT2D eigenvalue weighted by atomic mass is 16.6. The van der Waals surface area contributed by atoms with Crippen LogP contribution in [0.5, 0.6) is 0 Å². The van der Waals surface area contributed by atoms with Gasteiger partial charge in [0.2, 0.25) is 0 Å². The van der Waals surface area contributed by atoms with Crippen LogP contribution in [0.15, 0.2) is 0 Å². The highest BCUT2D eigenvalue weighted by molar-refractivity contribution is 4.75. The Kier molecular flexibility index (Phi) is 2.87. The third-order valence-electron chi connectivity index (χ3n) is 2.20. The fourth-order valence-corrected chi connectivity index (χ4v) is 1.51. The molecule has 1 aliphatic heterocycles. The summed E-state index contributed by atoms with van der Waals surface area (Å²) < 4.78 is 5.20. The minimum absolute atomic E-state index is 0.186. The summed E-state index contributed by atoms with van der Waals surface area (Å²) in [5, 5.41) is 9.25. The predicted octanol–water partition coefficient (Wildman–Crippen LogP) is 0.434. The van der Waals surface area contributed by atoms with Crippen molar-refractivity contribution >= 4 is 0 Å². The lowest BCUT2D eigenvalue weighted by Gasteiger charge is -2.34. The van der Waals surface area contributed by atoms with Gasteiger partial charge < -0.3 is 14.7 Å². The van der Waals surface area contributed by atoms with E-state index >= 15 is 0 Å². The zero-order valence-corrected chi connectivity index (χ0v) is 7.45. The fourth-order valence-electron chi connectivity index (χ4n) is 1.51. The Balaban J connectivity index is 2.43. The second-order valence-electron chi connectivity index (χ2n) is 3.49. The van der Waals surface area contributed by atoms with E-state index in [1.807, 2.05) is 21.0 Å². The Morgan fingerprint density at radius 2 is 2.00 bits per heavy atom. The van der Waals surface area contributed by atoms with Crippen molar-refractivity contribution in [3.05, 3.63) is 0 Å². The first kappa shape index (κ1) is 8.97. The van der Waals surface area contributed by atoms with Gasteiger partial charge in [-0.1, -0.05) is 0 Å². The van der Waals surface area contributed by atoms with Crippen LogP contribution in [0.2, 0.25) is 0 Å². The van der Waals surface area contributed by atoms with Crippen molar-refractivity contribution < 1.29 is 9.84 Å². The number of aliphatic hydroxyl groups is 1. The maximum absolute atomic E-state index is 9.25. The van der Waals surface area contributed by atoms with Gasteiger partial charge in [-0.3, -0.25) is 0 Å². The predicted molar refractivity (Wildman–Crippen MR) is 43.3 cm³/mol. The molecular weight excluding hydrogens is 142 g/mol. The molecule has 0 aromatic carbocycles. The molecule has 3 atom stereocenters. The van der Waals surface area contributed by atoms with Crippen molar-refractivity contribution in [3.8, 4) is 0 Å². The number of hydrogen-bond acceptors (Lipinski definition) is 3. The van der Waals surface area contributed by atoms with E-state index in [0.717, 1.165) is 12.8 Å². The lowest BCUT2D eigenvalue weighted by atomic mass is 10.0. The molecule has 66 valence electrons. The lowest BCUT2D eigenvalue weighted by molar-refractivity contribution is -0.172. The Labute approximate surface area is 68.0 Å². The monoisotopic (exact) mass is 159 g/mol. The van der Waals surface area contributed by atoms with Crippen LogP contribution in [0.25, 0.3) is 0 Å². The molecule has 0 amide bonds. The van der Waals surface area contributed by atoms with E-state index in [4.69, 9.17) is 4.74 Å². The summed E-state index contributed by atoms with van der Waals surface area (Å²) >= 11 is 0. The standard InChI is InChI=1S/C8H17NO2/c1-6-4-7(9(2)3)5-8(10)11-6/h6-8,10H,4-5H2,1-3H3/t6-,7+,8+/m0/s1. The van der Waals surface area contributed by atoms with E-state index < -0.39 is 6.29 Å². The van der Waals surface area contributed by atoms with Crippen LogP contribution in [0.4, 0.5) is 0 Å². The van der Waals surface area contributed by atoms with Crippen molar-refractivity contribution in [3.63, 3.8) is 0 Å². The Hall–Kier alpha value is -0.120. The van der Waals surface area contributed by atoms with E-state index in [9.17, 15) is 5.11 Å². The molecule has 0 unspecified atom stereocenters. The van der Waals surface area contributed by atoms with Crippen LogP contribution < -0.4 is 0 Å². The summed E-state index contributed by atoms with van der Waals surface area (Å²) in [5.74, 6) is 0. The molecule has 1 N–H and O–H groups in total. The number of rotatable bonds is 1. The van der Waals surface area contributed by atoms with E-state index in [0.29, 0.717) is 6.04 Å². The highest BCUT2D eigenvalue weighted by Gasteiger charge is 2.26. The third kappa shape index (κ3) is 2.43. The zero-order chi connectivity index (χ0) is 8.43. The molecule has 0 aromatic rings. The summed E-state index contributed by atoms with van der Waals surface area (Å²) in [4.78, 5) is 2.14. The summed E-state index contributed by atoms with van der Waals surface area (Å²) in [5.41, 5.74) is 0. The zero-order valence-electron chi connectivity index (χ0n) is 7.45. The van der Waals surface area contributed by atoms with Crippen LogP contribution in [0, 0.1) is 0 Å². The van der Waals surface area contributed by atoms with Crippen LogP contribution in [-0.4, -0.2) is 42.5 Å². The van der Waals surface area contributed by atoms with Gasteiger partial charge >= 0.3 is 0 Å². The van der Waals surface area contributed by atoms with Gasteiger partial charge in [0.05, 0.1) is 6.10 Å². The quantitative estimate of drug-likeness (QED) is 0.602. The fraction of sp³-hybridized carbons (Fsp3) is 1.00. The summed E-state index contributed by atoms with van der Waals surface area (Å²) in [7, 11) is 4.07. The summed E-state index contributed by atoms with van der Waals surface area (Å²) in [6.45, 7) is 2.00. The maximum Gasteiger partial charge on any atom is 0.156 e. The summed E-state index contributed by atoms with van der Waals surface area (Å²) in [6.07, 6.45) is 1.37. The van der Waals surface area contributed by atoms with E-state index in [2.05, 4.69) is 4.90 Å². The Morgan fingerprint density at radius 1 is 1.36 bits per heavy atom. The van der Waals surface area contributed by atoms with Crippen molar-refractivity contribution in [1.29, 1.82) is 0 Å². The Bertz CT molecular complexity index is 117. The second kappa shape index (κ2) is 3.52. The maximum atomic E-state index is 9.25. The smallest absolute Gasteiger partial charge is 0.156 e. The minimum atomic E-state index is -0.564. The molecule has 1 rings (SSSR count). The molecule has 0 aromatic heterocycles. The molecule has 1 heterocycles. The second-order valence-corrected chi connectivity index (χ2v) is 3.49. The van der Waals surface area contributed by atoms with Crippen LogP contribution in [-0.2, 0) is 4.74 Å². The van der Waals surface area contributed by atoms with E-state index in [1.165, 1.54) is 0 Å². The topological polar surface area (TPSA) is 32.7 Å². The number of ether oxygens (including phenoxy) is 1. The molecule has 1 saturated heterocycles. The van der Waals surface area contributed by atoms with Gasteiger partial charge in [0.25, 0.3) is 0 Å². The highest BCUT2D eigenvalue weighted by Crippen LogP contribution is 2.20. The first-order valence-corrected chi connectivity index (χ1v) is 4.09. The molecule has 0 spiro atoms. The van der Waals surface area contributed by atoms with Gasteiger partial charge in [0.15, 0.2) is 6.29 Å². The molecule has 11 heavy (non-hydrogen) atoms. The first-order chi connectivity index (χ1) is 5.09. The normalized spacial score (nSPS) is 39.5. The van der Waals surface area contributed by atoms with Crippen LogP contribution >= 0.6 is 0 Å². The molecule has 3 nitrogen and oxygen atoms in total. The number of aliphatic hydroxyl groups excluding tert-OH is 1. The SMILES string of the molecule is C[C@H]1C[C@@H](N(C)C)C[C@H](O)O1. The largest absolute Gasteiger partial charge is 0.368 e. The number of nitrogens with zero attached hydrogens (tertiary/aromatic N) is 1. The van der Waals surface area contributed by atoms with Crippen molar-refractivity contribution in [2.24, 2.45) is 0 Å². The number of hydrogen-bond donors (Lipinski definition) is 1. The molecule has 0 saturated carbocycles. The van der Waals surface area contributed by atoms with E-state index in [-0.39, 0.29) is 6.10 Å². The van der Waals surface area contributed by atoms with Crippen molar-refractivity contribution in [2.45, 2.75) is 38.2 Å². The van der Waals surface area contributed by atoms with Gasteiger partial charge in [-0.25, -0.2) is 0 Å². The van der Waals surface area contributed by atoms with E-state index in [1.54, 1.807) is 0 Å². The molecular formula is C8H17NO2. The average molecular weight is 159 g/mol. The van der Waals surface area contributed by atoms with Gasteiger partial charge in [0, 0.05) is 12.5 Å².